The number of rotatable bonds is 12. The van der Waals surface area contributed by atoms with Gasteiger partial charge in [-0.25, -0.2) is 0 Å². The van der Waals surface area contributed by atoms with Crippen LogP contribution in [0.25, 0.3) is 11.4 Å². The monoisotopic (exact) mass is 384 g/mol. The SMILES string of the molecule is CCCCCCCCCCN1CCN(Cc2nc(-c3ccccc3)no2)CC1. The average molecular weight is 385 g/mol. The zero-order valence-corrected chi connectivity index (χ0v) is 17.5. The predicted octanol–water partition coefficient (Wildman–Crippen LogP) is 4.99. The van der Waals surface area contributed by atoms with Gasteiger partial charge >= 0.3 is 0 Å². The lowest BCUT2D eigenvalue weighted by Gasteiger charge is -2.33. The number of hydrogen-bond acceptors (Lipinski definition) is 5. The minimum Gasteiger partial charge on any atom is -0.338 e. The molecule has 1 fully saturated rings. The van der Waals surface area contributed by atoms with Crippen molar-refractivity contribution >= 4 is 0 Å². The summed E-state index contributed by atoms with van der Waals surface area (Å²) < 4.78 is 5.46. The summed E-state index contributed by atoms with van der Waals surface area (Å²) >= 11 is 0. The predicted molar refractivity (Wildman–Crippen MR) is 114 cm³/mol. The summed E-state index contributed by atoms with van der Waals surface area (Å²) in [5.74, 6) is 1.40. The molecular weight excluding hydrogens is 348 g/mol. The molecule has 0 radical (unpaired) electrons. The van der Waals surface area contributed by atoms with Crippen molar-refractivity contribution in [2.45, 2.75) is 64.8 Å². The van der Waals surface area contributed by atoms with Crippen molar-refractivity contribution in [3.05, 3.63) is 36.2 Å². The highest BCUT2D eigenvalue weighted by atomic mass is 16.5. The van der Waals surface area contributed by atoms with Gasteiger partial charge < -0.3 is 9.42 Å². The van der Waals surface area contributed by atoms with E-state index in [1.54, 1.807) is 0 Å². The number of hydrogen-bond donors (Lipinski definition) is 0. The van der Waals surface area contributed by atoms with Gasteiger partial charge in [0, 0.05) is 31.7 Å². The Morgan fingerprint density at radius 3 is 2.18 bits per heavy atom. The summed E-state index contributed by atoms with van der Waals surface area (Å²) in [6.07, 6.45) is 11.1. The summed E-state index contributed by atoms with van der Waals surface area (Å²) in [6, 6.07) is 10.0. The van der Waals surface area contributed by atoms with Crippen LogP contribution in [0.3, 0.4) is 0 Å². The number of piperazine rings is 1. The normalized spacial score (nSPS) is 15.9. The Kier molecular flexibility index (Phi) is 8.98. The van der Waals surface area contributed by atoms with Crippen LogP contribution >= 0.6 is 0 Å². The quantitative estimate of drug-likeness (QED) is 0.482. The lowest BCUT2D eigenvalue weighted by molar-refractivity contribution is 0.115. The molecule has 28 heavy (non-hydrogen) atoms. The van der Waals surface area contributed by atoms with Gasteiger partial charge in [-0.15, -0.1) is 0 Å². The van der Waals surface area contributed by atoms with E-state index in [-0.39, 0.29) is 0 Å². The zero-order chi connectivity index (χ0) is 19.4. The van der Waals surface area contributed by atoms with Crippen molar-refractivity contribution in [3.8, 4) is 11.4 Å². The van der Waals surface area contributed by atoms with Crippen LogP contribution < -0.4 is 0 Å². The molecule has 0 N–H and O–H groups in total. The number of aromatic nitrogens is 2. The Morgan fingerprint density at radius 1 is 0.821 bits per heavy atom. The Morgan fingerprint density at radius 2 is 1.46 bits per heavy atom. The molecule has 0 unspecified atom stereocenters. The molecule has 0 saturated carbocycles. The third-order valence-electron chi connectivity index (χ3n) is 5.65. The minimum absolute atomic E-state index is 0.684. The fourth-order valence-electron chi connectivity index (χ4n) is 3.86. The van der Waals surface area contributed by atoms with Gasteiger partial charge in [0.05, 0.1) is 6.54 Å². The lowest BCUT2D eigenvalue weighted by Crippen LogP contribution is -2.46. The summed E-state index contributed by atoms with van der Waals surface area (Å²) in [5.41, 5.74) is 1.01. The van der Waals surface area contributed by atoms with Crippen molar-refractivity contribution < 1.29 is 4.52 Å². The van der Waals surface area contributed by atoms with Gasteiger partial charge in [-0.2, -0.15) is 4.98 Å². The van der Waals surface area contributed by atoms with E-state index in [2.05, 4.69) is 26.9 Å². The Hall–Kier alpha value is -1.72. The molecule has 0 aliphatic carbocycles. The maximum Gasteiger partial charge on any atom is 0.241 e. The first-order valence-electron chi connectivity index (χ1n) is 11.2. The standard InChI is InChI=1S/C23H36N4O/c1-2-3-4-5-6-7-8-12-15-26-16-18-27(19-17-26)20-22-24-23(25-28-22)21-13-10-9-11-14-21/h9-11,13-14H,2-8,12,15-20H2,1H3. The number of benzene rings is 1. The van der Waals surface area contributed by atoms with Crippen LogP contribution in [-0.2, 0) is 6.54 Å². The second-order valence-electron chi connectivity index (χ2n) is 7.97. The van der Waals surface area contributed by atoms with Crippen LogP contribution in [0.1, 0.15) is 64.2 Å². The third kappa shape index (κ3) is 7.02. The number of unbranched alkanes of at least 4 members (excludes halogenated alkanes) is 7. The highest BCUT2D eigenvalue weighted by Crippen LogP contribution is 2.16. The molecule has 3 rings (SSSR count). The highest BCUT2D eigenvalue weighted by molar-refractivity contribution is 5.53. The third-order valence-corrected chi connectivity index (χ3v) is 5.65. The maximum atomic E-state index is 5.46. The molecule has 0 amide bonds. The van der Waals surface area contributed by atoms with Gasteiger partial charge in [0.25, 0.3) is 0 Å². The highest BCUT2D eigenvalue weighted by Gasteiger charge is 2.19. The van der Waals surface area contributed by atoms with Crippen LogP contribution in [-0.4, -0.2) is 52.7 Å². The van der Waals surface area contributed by atoms with Gasteiger partial charge in [-0.3, -0.25) is 4.90 Å². The first kappa shape index (κ1) is 21.0. The second kappa shape index (κ2) is 12.0. The largest absolute Gasteiger partial charge is 0.338 e. The molecular formula is C23H36N4O. The topological polar surface area (TPSA) is 45.4 Å². The summed E-state index contributed by atoms with van der Waals surface area (Å²) in [6.45, 7) is 8.75. The van der Waals surface area contributed by atoms with E-state index >= 15 is 0 Å². The Labute approximate surface area is 170 Å². The van der Waals surface area contributed by atoms with Crippen LogP contribution in [0.5, 0.6) is 0 Å². The fourth-order valence-corrected chi connectivity index (χ4v) is 3.86. The fraction of sp³-hybridized carbons (Fsp3) is 0.652. The van der Waals surface area contributed by atoms with E-state index in [9.17, 15) is 0 Å². The van der Waals surface area contributed by atoms with Crippen LogP contribution in [0.2, 0.25) is 0 Å². The van der Waals surface area contributed by atoms with Crippen molar-refractivity contribution in [1.29, 1.82) is 0 Å². The zero-order valence-electron chi connectivity index (χ0n) is 17.5. The molecule has 2 aromatic rings. The molecule has 5 heteroatoms. The Bertz CT molecular complexity index is 650. The van der Waals surface area contributed by atoms with Crippen LogP contribution in [0, 0.1) is 0 Å². The molecule has 2 heterocycles. The van der Waals surface area contributed by atoms with Gasteiger partial charge in [-0.1, -0.05) is 87.4 Å². The molecule has 5 nitrogen and oxygen atoms in total. The van der Waals surface area contributed by atoms with Crippen LogP contribution in [0.15, 0.2) is 34.9 Å². The first-order chi connectivity index (χ1) is 13.8. The molecule has 1 aliphatic rings. The molecule has 1 aliphatic heterocycles. The number of nitrogens with zero attached hydrogens (tertiary/aromatic N) is 4. The van der Waals surface area contributed by atoms with Gasteiger partial charge in [0.1, 0.15) is 0 Å². The van der Waals surface area contributed by atoms with E-state index in [1.165, 1.54) is 57.9 Å². The summed E-state index contributed by atoms with van der Waals surface area (Å²) in [4.78, 5) is 9.59. The van der Waals surface area contributed by atoms with Gasteiger partial charge in [0.15, 0.2) is 0 Å². The molecule has 154 valence electrons. The molecule has 0 atom stereocenters. The van der Waals surface area contributed by atoms with E-state index in [4.69, 9.17) is 4.52 Å². The Balaban J connectivity index is 1.28. The van der Waals surface area contributed by atoms with Crippen molar-refractivity contribution in [3.63, 3.8) is 0 Å². The molecule has 0 bridgehead atoms. The smallest absolute Gasteiger partial charge is 0.241 e. The molecule has 1 aromatic carbocycles. The average Bonchev–Trinajstić information content (AvgIpc) is 3.20. The van der Waals surface area contributed by atoms with E-state index in [0.29, 0.717) is 5.82 Å². The molecule has 1 saturated heterocycles. The minimum atomic E-state index is 0.684. The second-order valence-corrected chi connectivity index (χ2v) is 7.97. The molecule has 0 spiro atoms. The van der Waals surface area contributed by atoms with Gasteiger partial charge in [0.2, 0.25) is 11.7 Å². The van der Waals surface area contributed by atoms with E-state index < -0.39 is 0 Å². The summed E-state index contributed by atoms with van der Waals surface area (Å²) in [7, 11) is 0. The lowest BCUT2D eigenvalue weighted by atomic mass is 10.1. The van der Waals surface area contributed by atoms with Crippen molar-refractivity contribution in [1.82, 2.24) is 19.9 Å². The van der Waals surface area contributed by atoms with E-state index in [1.807, 2.05) is 30.3 Å². The molecule has 1 aromatic heterocycles. The van der Waals surface area contributed by atoms with Crippen molar-refractivity contribution in [2.24, 2.45) is 0 Å². The van der Waals surface area contributed by atoms with Crippen LogP contribution in [0.4, 0.5) is 0 Å². The van der Waals surface area contributed by atoms with Crippen molar-refractivity contribution in [2.75, 3.05) is 32.7 Å². The van der Waals surface area contributed by atoms with Gasteiger partial charge in [-0.05, 0) is 13.0 Å². The summed E-state index contributed by atoms with van der Waals surface area (Å²) in [5, 5.41) is 4.13. The first-order valence-corrected chi connectivity index (χ1v) is 11.2. The van der Waals surface area contributed by atoms with E-state index in [0.717, 1.165) is 44.2 Å². The maximum absolute atomic E-state index is 5.46.